The number of nitrogens with zero attached hydrogens (tertiary/aromatic N) is 1. The summed E-state index contributed by atoms with van der Waals surface area (Å²) in [6.45, 7) is 7.92. The molecule has 2 saturated heterocycles. The Bertz CT molecular complexity index is 261. The predicted octanol–water partition coefficient (Wildman–Crippen LogP) is -0.177. The second-order valence-electron chi connectivity index (χ2n) is 5.28. The summed E-state index contributed by atoms with van der Waals surface area (Å²) in [6.07, 6.45) is 2.51. The van der Waals surface area contributed by atoms with E-state index in [0.717, 1.165) is 32.7 Å². The van der Waals surface area contributed by atoms with Gasteiger partial charge in [-0.1, -0.05) is 0 Å². The molecular weight excluding hydrogens is 230 g/mol. The Hall–Kier alpha value is -0.650. The van der Waals surface area contributed by atoms with E-state index in [1.807, 2.05) is 11.8 Å². The summed E-state index contributed by atoms with van der Waals surface area (Å²) in [7, 11) is 0. The van der Waals surface area contributed by atoms with Crippen LogP contribution in [0.3, 0.4) is 0 Å². The lowest BCUT2D eigenvalue weighted by molar-refractivity contribution is -0.137. The van der Waals surface area contributed by atoms with Crippen LogP contribution in [0.4, 0.5) is 0 Å². The standard InChI is InChI=1S/C13H25N3O2/c1-11(13(17)16-5-7-18-8-6-16)15-10-12-3-2-4-14-9-12/h11-12,14-15H,2-10H2,1H3. The Morgan fingerprint density at radius 3 is 2.94 bits per heavy atom. The average Bonchev–Trinajstić information content (AvgIpc) is 2.46. The first kappa shape index (κ1) is 13.8. The maximum atomic E-state index is 12.2. The van der Waals surface area contributed by atoms with Gasteiger partial charge in [-0.15, -0.1) is 0 Å². The zero-order valence-corrected chi connectivity index (χ0v) is 11.3. The van der Waals surface area contributed by atoms with Crippen LogP contribution < -0.4 is 10.6 Å². The highest BCUT2D eigenvalue weighted by molar-refractivity contribution is 5.81. The van der Waals surface area contributed by atoms with E-state index in [0.29, 0.717) is 19.1 Å². The molecule has 0 aliphatic carbocycles. The SMILES string of the molecule is CC(NCC1CCCNC1)C(=O)N1CCOCC1. The normalized spacial score (nSPS) is 26.9. The zero-order chi connectivity index (χ0) is 12.8. The molecule has 2 rings (SSSR count). The van der Waals surface area contributed by atoms with Crippen LogP contribution in [0.5, 0.6) is 0 Å². The minimum Gasteiger partial charge on any atom is -0.378 e. The third-order valence-corrected chi connectivity index (χ3v) is 3.80. The number of amides is 1. The Labute approximate surface area is 109 Å². The first-order valence-electron chi connectivity index (χ1n) is 7.08. The van der Waals surface area contributed by atoms with Crippen LogP contribution in [-0.2, 0) is 9.53 Å². The van der Waals surface area contributed by atoms with Gasteiger partial charge in [0.25, 0.3) is 0 Å². The molecule has 2 unspecified atom stereocenters. The van der Waals surface area contributed by atoms with E-state index in [1.54, 1.807) is 0 Å². The quantitative estimate of drug-likeness (QED) is 0.732. The summed E-state index contributed by atoms with van der Waals surface area (Å²) in [5.41, 5.74) is 0. The van der Waals surface area contributed by atoms with Gasteiger partial charge in [-0.3, -0.25) is 4.79 Å². The molecule has 18 heavy (non-hydrogen) atoms. The molecule has 2 heterocycles. The van der Waals surface area contributed by atoms with Gasteiger partial charge < -0.3 is 20.3 Å². The van der Waals surface area contributed by atoms with Crippen molar-refractivity contribution in [2.75, 3.05) is 45.9 Å². The van der Waals surface area contributed by atoms with Gasteiger partial charge in [-0.05, 0) is 45.3 Å². The van der Waals surface area contributed by atoms with Crippen molar-refractivity contribution in [2.45, 2.75) is 25.8 Å². The van der Waals surface area contributed by atoms with Crippen molar-refractivity contribution >= 4 is 5.91 Å². The summed E-state index contributed by atoms with van der Waals surface area (Å²) in [5.74, 6) is 0.876. The Kier molecular flexibility index (Phi) is 5.41. The molecular formula is C13H25N3O2. The molecule has 0 aromatic heterocycles. The van der Waals surface area contributed by atoms with E-state index in [1.165, 1.54) is 12.8 Å². The Morgan fingerprint density at radius 2 is 2.28 bits per heavy atom. The van der Waals surface area contributed by atoms with E-state index in [9.17, 15) is 4.79 Å². The maximum absolute atomic E-state index is 12.2. The molecule has 2 N–H and O–H groups in total. The molecule has 0 bridgehead atoms. The molecule has 0 spiro atoms. The number of carbonyl (C=O) groups excluding carboxylic acids is 1. The first-order chi connectivity index (χ1) is 8.77. The molecule has 0 radical (unpaired) electrons. The fourth-order valence-corrected chi connectivity index (χ4v) is 2.59. The third kappa shape index (κ3) is 3.93. The molecule has 2 aliphatic rings. The molecule has 2 atom stereocenters. The van der Waals surface area contributed by atoms with E-state index >= 15 is 0 Å². The summed E-state index contributed by atoms with van der Waals surface area (Å²) >= 11 is 0. The summed E-state index contributed by atoms with van der Waals surface area (Å²) < 4.78 is 5.26. The van der Waals surface area contributed by atoms with Crippen LogP contribution in [-0.4, -0.2) is 62.8 Å². The van der Waals surface area contributed by atoms with E-state index < -0.39 is 0 Å². The van der Waals surface area contributed by atoms with E-state index in [4.69, 9.17) is 4.74 Å². The number of morpholine rings is 1. The van der Waals surface area contributed by atoms with Crippen LogP contribution in [0.15, 0.2) is 0 Å². The lowest BCUT2D eigenvalue weighted by atomic mass is 9.99. The van der Waals surface area contributed by atoms with Gasteiger partial charge in [0.2, 0.25) is 5.91 Å². The molecule has 2 fully saturated rings. The lowest BCUT2D eigenvalue weighted by Crippen LogP contribution is -2.50. The molecule has 0 aromatic carbocycles. The van der Waals surface area contributed by atoms with Gasteiger partial charge in [0, 0.05) is 13.1 Å². The van der Waals surface area contributed by atoms with Crippen LogP contribution in [0, 0.1) is 5.92 Å². The van der Waals surface area contributed by atoms with Crippen LogP contribution in [0.1, 0.15) is 19.8 Å². The molecule has 104 valence electrons. The number of nitrogens with one attached hydrogen (secondary N) is 2. The van der Waals surface area contributed by atoms with E-state index in [2.05, 4.69) is 10.6 Å². The van der Waals surface area contributed by atoms with Crippen molar-refractivity contribution in [3.63, 3.8) is 0 Å². The fraction of sp³-hybridized carbons (Fsp3) is 0.923. The molecule has 5 heteroatoms. The van der Waals surface area contributed by atoms with Crippen molar-refractivity contribution < 1.29 is 9.53 Å². The Balaban J connectivity index is 1.69. The summed E-state index contributed by atoms with van der Waals surface area (Å²) in [4.78, 5) is 14.1. The minimum absolute atomic E-state index is 0.0787. The number of hydrogen-bond acceptors (Lipinski definition) is 4. The van der Waals surface area contributed by atoms with Crippen LogP contribution in [0.25, 0.3) is 0 Å². The molecule has 5 nitrogen and oxygen atoms in total. The number of carbonyl (C=O) groups is 1. The molecule has 0 saturated carbocycles. The van der Waals surface area contributed by atoms with Crippen molar-refractivity contribution in [1.82, 2.24) is 15.5 Å². The first-order valence-corrected chi connectivity index (χ1v) is 7.08. The third-order valence-electron chi connectivity index (χ3n) is 3.80. The lowest BCUT2D eigenvalue weighted by Gasteiger charge is -2.30. The highest BCUT2D eigenvalue weighted by atomic mass is 16.5. The van der Waals surface area contributed by atoms with Crippen molar-refractivity contribution in [3.8, 4) is 0 Å². The smallest absolute Gasteiger partial charge is 0.239 e. The predicted molar refractivity (Wildman–Crippen MR) is 70.5 cm³/mol. The number of piperidine rings is 1. The monoisotopic (exact) mass is 255 g/mol. The van der Waals surface area contributed by atoms with Gasteiger partial charge in [0.1, 0.15) is 0 Å². The van der Waals surface area contributed by atoms with Crippen LogP contribution in [0.2, 0.25) is 0 Å². The Morgan fingerprint density at radius 1 is 1.50 bits per heavy atom. The molecule has 2 aliphatic heterocycles. The maximum Gasteiger partial charge on any atom is 0.239 e. The number of rotatable bonds is 4. The minimum atomic E-state index is -0.0787. The number of hydrogen-bond donors (Lipinski definition) is 2. The van der Waals surface area contributed by atoms with Gasteiger partial charge in [-0.2, -0.15) is 0 Å². The average molecular weight is 255 g/mol. The topological polar surface area (TPSA) is 53.6 Å². The largest absolute Gasteiger partial charge is 0.378 e. The van der Waals surface area contributed by atoms with Gasteiger partial charge in [0.15, 0.2) is 0 Å². The second kappa shape index (κ2) is 7.07. The van der Waals surface area contributed by atoms with Crippen molar-refractivity contribution in [3.05, 3.63) is 0 Å². The summed E-state index contributed by atoms with van der Waals surface area (Å²) in [6, 6.07) is -0.0787. The molecule has 1 amide bonds. The molecule has 0 aromatic rings. The highest BCUT2D eigenvalue weighted by Gasteiger charge is 2.23. The van der Waals surface area contributed by atoms with E-state index in [-0.39, 0.29) is 11.9 Å². The fourth-order valence-electron chi connectivity index (χ4n) is 2.59. The second-order valence-corrected chi connectivity index (χ2v) is 5.28. The highest BCUT2D eigenvalue weighted by Crippen LogP contribution is 2.09. The van der Waals surface area contributed by atoms with Crippen molar-refractivity contribution in [2.24, 2.45) is 5.92 Å². The van der Waals surface area contributed by atoms with Gasteiger partial charge in [0.05, 0.1) is 19.3 Å². The van der Waals surface area contributed by atoms with Gasteiger partial charge in [-0.25, -0.2) is 0 Å². The van der Waals surface area contributed by atoms with Gasteiger partial charge >= 0.3 is 0 Å². The zero-order valence-electron chi connectivity index (χ0n) is 11.3. The van der Waals surface area contributed by atoms with Crippen LogP contribution >= 0.6 is 0 Å². The number of ether oxygens (including phenoxy) is 1. The summed E-state index contributed by atoms with van der Waals surface area (Å²) in [5, 5.41) is 6.78. The van der Waals surface area contributed by atoms with Crippen molar-refractivity contribution in [1.29, 1.82) is 0 Å².